The van der Waals surface area contributed by atoms with Crippen molar-refractivity contribution in [3.63, 3.8) is 0 Å². The topological polar surface area (TPSA) is 59.4 Å². The molecule has 0 aliphatic heterocycles. The highest BCUT2D eigenvalue weighted by molar-refractivity contribution is 5.80. The van der Waals surface area contributed by atoms with Crippen molar-refractivity contribution in [3.8, 4) is 17.1 Å². The molecule has 174 valence electrons. The first kappa shape index (κ1) is 24.2. The molecule has 1 N–H and O–H groups in total. The number of nitrogens with zero attached hydrogens (tertiary/aromatic N) is 3. The molecule has 33 heavy (non-hydrogen) atoms. The molecule has 0 aliphatic rings. The Kier molecular flexibility index (Phi) is 8.80. The molecule has 1 heterocycles. The fourth-order valence-corrected chi connectivity index (χ4v) is 3.08. The first-order valence-corrected chi connectivity index (χ1v) is 11.0. The number of alkyl halides is 3. The molecule has 0 unspecified atom stereocenters. The second-order valence-corrected chi connectivity index (χ2v) is 7.53. The van der Waals surface area contributed by atoms with Crippen molar-refractivity contribution in [1.29, 1.82) is 0 Å². The van der Waals surface area contributed by atoms with Crippen LogP contribution in [0.15, 0.2) is 65.8 Å². The molecule has 2 aromatic carbocycles. The first-order chi connectivity index (χ1) is 16.0. The van der Waals surface area contributed by atoms with Crippen molar-refractivity contribution >= 4 is 12.0 Å². The van der Waals surface area contributed by atoms with Gasteiger partial charge in [0.1, 0.15) is 5.75 Å². The zero-order chi connectivity index (χ0) is 23.5. The number of hydrazone groups is 1. The Labute approximate surface area is 191 Å². The Balaban J connectivity index is 1.61. The summed E-state index contributed by atoms with van der Waals surface area (Å²) in [5.74, 6) is 0.698. The van der Waals surface area contributed by atoms with Crippen molar-refractivity contribution in [2.45, 2.75) is 45.2 Å². The average Bonchev–Trinajstić information content (AvgIpc) is 2.82. The summed E-state index contributed by atoms with van der Waals surface area (Å²) in [7, 11) is 0. The Hall–Kier alpha value is -3.42. The minimum atomic E-state index is -4.60. The summed E-state index contributed by atoms with van der Waals surface area (Å²) in [5, 5.41) is 4.03. The maximum Gasteiger partial charge on any atom is 0.433 e. The molecular weight excluding hydrogens is 429 g/mol. The Bertz CT molecular complexity index is 1020. The number of aromatic nitrogens is 2. The van der Waals surface area contributed by atoms with Crippen LogP contribution in [0.2, 0.25) is 0 Å². The summed E-state index contributed by atoms with van der Waals surface area (Å²) in [6, 6.07) is 16.7. The van der Waals surface area contributed by atoms with Crippen LogP contribution in [0.1, 0.15) is 50.3 Å². The predicted octanol–water partition coefficient (Wildman–Crippen LogP) is 6.96. The van der Waals surface area contributed by atoms with E-state index in [1.165, 1.54) is 25.5 Å². The van der Waals surface area contributed by atoms with E-state index >= 15 is 0 Å². The lowest BCUT2D eigenvalue weighted by molar-refractivity contribution is -0.141. The minimum Gasteiger partial charge on any atom is -0.494 e. The van der Waals surface area contributed by atoms with Gasteiger partial charge in [0.15, 0.2) is 17.3 Å². The molecule has 0 radical (unpaired) electrons. The van der Waals surface area contributed by atoms with Crippen LogP contribution < -0.4 is 10.2 Å². The molecule has 0 spiro atoms. The van der Waals surface area contributed by atoms with Gasteiger partial charge in [-0.05, 0) is 36.2 Å². The molecule has 0 atom stereocenters. The van der Waals surface area contributed by atoms with Gasteiger partial charge in [0, 0.05) is 11.6 Å². The fraction of sp³-hybridized carbons (Fsp3) is 0.320. The lowest BCUT2D eigenvalue weighted by Crippen LogP contribution is -2.11. The monoisotopic (exact) mass is 456 g/mol. The fourth-order valence-electron chi connectivity index (χ4n) is 3.08. The highest BCUT2D eigenvalue weighted by Gasteiger charge is 2.33. The molecular formula is C25H27F3N4O. The Morgan fingerprint density at radius 1 is 0.939 bits per heavy atom. The van der Waals surface area contributed by atoms with Gasteiger partial charge < -0.3 is 4.74 Å². The van der Waals surface area contributed by atoms with Gasteiger partial charge in [0.2, 0.25) is 0 Å². The van der Waals surface area contributed by atoms with Crippen LogP contribution in [0.4, 0.5) is 19.0 Å². The zero-order valence-corrected chi connectivity index (χ0v) is 18.5. The molecule has 0 bridgehead atoms. The second-order valence-electron chi connectivity index (χ2n) is 7.53. The number of benzene rings is 2. The third-order valence-corrected chi connectivity index (χ3v) is 4.84. The smallest absolute Gasteiger partial charge is 0.433 e. The van der Waals surface area contributed by atoms with Crippen molar-refractivity contribution < 1.29 is 17.9 Å². The van der Waals surface area contributed by atoms with Crippen LogP contribution in [0.25, 0.3) is 11.4 Å². The molecule has 3 aromatic rings. The third kappa shape index (κ3) is 7.89. The van der Waals surface area contributed by atoms with Crippen LogP contribution in [-0.4, -0.2) is 22.8 Å². The van der Waals surface area contributed by atoms with Gasteiger partial charge >= 0.3 is 6.18 Å². The van der Waals surface area contributed by atoms with Crippen LogP contribution in [0.5, 0.6) is 5.75 Å². The average molecular weight is 457 g/mol. The molecule has 0 saturated carbocycles. The van der Waals surface area contributed by atoms with E-state index in [1.807, 2.05) is 24.3 Å². The van der Waals surface area contributed by atoms with Crippen molar-refractivity contribution in [3.05, 3.63) is 71.9 Å². The van der Waals surface area contributed by atoms with Gasteiger partial charge in [-0.3, -0.25) is 5.43 Å². The van der Waals surface area contributed by atoms with E-state index in [2.05, 4.69) is 27.4 Å². The van der Waals surface area contributed by atoms with Crippen molar-refractivity contribution in [2.75, 3.05) is 12.0 Å². The molecule has 5 nitrogen and oxygen atoms in total. The maximum absolute atomic E-state index is 13.3. The summed E-state index contributed by atoms with van der Waals surface area (Å²) in [6.07, 6.45) is 2.79. The number of nitrogens with one attached hydrogen (secondary N) is 1. The van der Waals surface area contributed by atoms with Gasteiger partial charge in [-0.1, -0.05) is 62.9 Å². The van der Waals surface area contributed by atoms with E-state index in [1.54, 1.807) is 30.3 Å². The second kappa shape index (κ2) is 12.0. The standard InChI is InChI=1S/C25H27F3N4O/c1-2-3-4-5-9-16-33-21-14-12-19(13-15-21)18-29-32-23-17-22(25(26,27)28)30-24(31-23)20-10-7-6-8-11-20/h6-8,10-15,17-18H,2-5,9,16H2,1H3,(H,30,31,32). The quantitative estimate of drug-likeness (QED) is 0.193. The molecule has 3 rings (SSSR count). The van der Waals surface area contributed by atoms with Gasteiger partial charge in [0.25, 0.3) is 0 Å². The van der Waals surface area contributed by atoms with Crippen molar-refractivity contribution in [1.82, 2.24) is 9.97 Å². The lowest BCUT2D eigenvalue weighted by Gasteiger charge is -2.10. The normalized spacial score (nSPS) is 11.6. The number of hydrogen-bond donors (Lipinski definition) is 1. The van der Waals surface area contributed by atoms with Gasteiger partial charge in [-0.2, -0.15) is 18.3 Å². The largest absolute Gasteiger partial charge is 0.494 e. The molecule has 8 heteroatoms. The summed E-state index contributed by atoms with van der Waals surface area (Å²) >= 11 is 0. The SMILES string of the molecule is CCCCCCCOc1ccc(C=NNc2cc(C(F)(F)F)nc(-c3ccccc3)n2)cc1. The molecule has 0 aliphatic carbocycles. The number of ether oxygens (including phenoxy) is 1. The number of halogens is 3. The summed E-state index contributed by atoms with van der Waals surface area (Å²) in [6.45, 7) is 2.86. The molecule has 0 saturated heterocycles. The number of unbranched alkanes of at least 4 members (excludes halogenated alkanes) is 4. The summed E-state index contributed by atoms with van der Waals surface area (Å²) in [5.41, 5.74) is 2.79. The van der Waals surface area contributed by atoms with E-state index in [-0.39, 0.29) is 11.6 Å². The van der Waals surface area contributed by atoms with Gasteiger partial charge in [0.05, 0.1) is 12.8 Å². The van der Waals surface area contributed by atoms with Crippen LogP contribution >= 0.6 is 0 Å². The van der Waals surface area contributed by atoms with Crippen LogP contribution in [0.3, 0.4) is 0 Å². The van der Waals surface area contributed by atoms with E-state index < -0.39 is 11.9 Å². The van der Waals surface area contributed by atoms with Crippen molar-refractivity contribution in [2.24, 2.45) is 5.10 Å². The number of anilines is 1. The van der Waals surface area contributed by atoms with E-state index in [4.69, 9.17) is 4.74 Å². The highest BCUT2D eigenvalue weighted by atomic mass is 19.4. The molecule has 1 aromatic heterocycles. The lowest BCUT2D eigenvalue weighted by atomic mass is 10.2. The first-order valence-electron chi connectivity index (χ1n) is 11.0. The zero-order valence-electron chi connectivity index (χ0n) is 18.5. The summed E-state index contributed by atoms with van der Waals surface area (Å²) in [4.78, 5) is 7.82. The van der Waals surface area contributed by atoms with Crippen LogP contribution in [0, 0.1) is 0 Å². The number of hydrogen-bond acceptors (Lipinski definition) is 5. The Morgan fingerprint density at radius 3 is 2.36 bits per heavy atom. The van der Waals surface area contributed by atoms with Gasteiger partial charge in [-0.25, -0.2) is 9.97 Å². The number of rotatable bonds is 11. The maximum atomic E-state index is 13.3. The molecule has 0 fully saturated rings. The van der Waals surface area contributed by atoms with E-state index in [0.717, 1.165) is 30.2 Å². The predicted molar refractivity (Wildman–Crippen MR) is 124 cm³/mol. The Morgan fingerprint density at radius 2 is 1.67 bits per heavy atom. The minimum absolute atomic E-state index is 0.0284. The van der Waals surface area contributed by atoms with E-state index in [0.29, 0.717) is 12.2 Å². The van der Waals surface area contributed by atoms with E-state index in [9.17, 15) is 13.2 Å². The molecule has 0 amide bonds. The van der Waals surface area contributed by atoms with Crippen LogP contribution in [-0.2, 0) is 6.18 Å². The highest BCUT2D eigenvalue weighted by Crippen LogP contribution is 2.30. The summed E-state index contributed by atoms with van der Waals surface area (Å²) < 4.78 is 45.6. The van der Waals surface area contributed by atoms with Gasteiger partial charge in [-0.15, -0.1) is 0 Å². The third-order valence-electron chi connectivity index (χ3n) is 4.84.